The van der Waals surface area contributed by atoms with Gasteiger partial charge < -0.3 is 10.1 Å². The summed E-state index contributed by atoms with van der Waals surface area (Å²) >= 11 is 3.44. The highest BCUT2D eigenvalue weighted by atomic mass is 79.9. The van der Waals surface area contributed by atoms with Gasteiger partial charge in [-0.05, 0) is 42.0 Å². The van der Waals surface area contributed by atoms with Gasteiger partial charge in [-0.3, -0.25) is 9.48 Å². The van der Waals surface area contributed by atoms with Crippen LogP contribution in [0.4, 0.5) is 0 Å². The summed E-state index contributed by atoms with van der Waals surface area (Å²) in [5, 5.41) is 7.44. The van der Waals surface area contributed by atoms with Crippen molar-refractivity contribution in [3.05, 3.63) is 52.3 Å². The fourth-order valence-electron chi connectivity index (χ4n) is 3.50. The highest BCUT2D eigenvalue weighted by Crippen LogP contribution is 2.47. The Kier molecular flexibility index (Phi) is 4.90. The molecule has 1 N–H and O–H groups in total. The van der Waals surface area contributed by atoms with Crippen LogP contribution in [0.15, 0.2) is 41.1 Å². The third-order valence-corrected chi connectivity index (χ3v) is 5.65. The van der Waals surface area contributed by atoms with Gasteiger partial charge in [-0.15, -0.1) is 0 Å². The SMILES string of the molecule is O=C(NCCn1cc(C2CCOC2)cn1)[C@@H]1C[C@H]1c1ccc(Br)cc1. The van der Waals surface area contributed by atoms with Crippen LogP contribution in [0, 0.1) is 5.92 Å². The number of nitrogens with one attached hydrogen (secondary N) is 1. The van der Waals surface area contributed by atoms with Gasteiger partial charge in [0.1, 0.15) is 0 Å². The molecule has 4 rings (SSSR count). The number of ether oxygens (including phenoxy) is 1. The van der Waals surface area contributed by atoms with Crippen LogP contribution in [0.1, 0.15) is 35.8 Å². The standard InChI is InChI=1S/C19H22BrN3O2/c20-16-3-1-13(2-4-16)17-9-18(17)19(24)21-6-7-23-11-15(10-22-23)14-5-8-25-12-14/h1-4,10-11,14,17-18H,5-9,12H2,(H,21,24)/t14?,17-,18+/m0/s1. The molecule has 1 saturated heterocycles. The average Bonchev–Trinajstić information content (AvgIpc) is 3.01. The van der Waals surface area contributed by atoms with Crippen molar-refractivity contribution in [2.75, 3.05) is 19.8 Å². The summed E-state index contributed by atoms with van der Waals surface area (Å²) < 4.78 is 8.40. The zero-order valence-electron chi connectivity index (χ0n) is 14.0. The van der Waals surface area contributed by atoms with Crippen LogP contribution in [0.5, 0.6) is 0 Å². The predicted octanol–water partition coefficient (Wildman–Crippen LogP) is 3.07. The Morgan fingerprint density at radius 1 is 1.32 bits per heavy atom. The van der Waals surface area contributed by atoms with Crippen molar-refractivity contribution in [2.45, 2.75) is 31.2 Å². The van der Waals surface area contributed by atoms with Gasteiger partial charge in [0.05, 0.1) is 19.3 Å². The molecular formula is C19H22BrN3O2. The van der Waals surface area contributed by atoms with E-state index in [2.05, 4.69) is 44.7 Å². The van der Waals surface area contributed by atoms with E-state index in [0.29, 0.717) is 24.9 Å². The quantitative estimate of drug-likeness (QED) is 0.805. The summed E-state index contributed by atoms with van der Waals surface area (Å²) in [5.41, 5.74) is 2.49. The Balaban J connectivity index is 1.22. The molecule has 132 valence electrons. The number of amides is 1. The minimum Gasteiger partial charge on any atom is -0.381 e. The topological polar surface area (TPSA) is 56.2 Å². The number of benzene rings is 1. The van der Waals surface area contributed by atoms with E-state index in [1.165, 1.54) is 11.1 Å². The molecule has 3 atom stereocenters. The van der Waals surface area contributed by atoms with E-state index in [9.17, 15) is 4.79 Å². The number of hydrogen-bond acceptors (Lipinski definition) is 3. The molecule has 0 radical (unpaired) electrons. The largest absolute Gasteiger partial charge is 0.381 e. The van der Waals surface area contributed by atoms with Gasteiger partial charge in [-0.1, -0.05) is 28.1 Å². The molecule has 1 aromatic heterocycles. The Morgan fingerprint density at radius 2 is 2.16 bits per heavy atom. The Labute approximate surface area is 155 Å². The van der Waals surface area contributed by atoms with Crippen molar-refractivity contribution in [2.24, 2.45) is 5.92 Å². The highest BCUT2D eigenvalue weighted by Gasteiger charge is 2.43. The average molecular weight is 404 g/mol. The molecule has 1 saturated carbocycles. The Bertz CT molecular complexity index is 737. The smallest absolute Gasteiger partial charge is 0.223 e. The second kappa shape index (κ2) is 7.30. The first-order valence-corrected chi connectivity index (χ1v) is 9.63. The second-order valence-corrected chi connectivity index (χ2v) is 7.80. The number of halogens is 1. The maximum Gasteiger partial charge on any atom is 0.223 e. The monoisotopic (exact) mass is 403 g/mol. The highest BCUT2D eigenvalue weighted by molar-refractivity contribution is 9.10. The molecule has 1 amide bonds. The third kappa shape index (κ3) is 3.96. The van der Waals surface area contributed by atoms with Crippen molar-refractivity contribution < 1.29 is 9.53 Å². The van der Waals surface area contributed by atoms with Crippen molar-refractivity contribution >= 4 is 21.8 Å². The number of hydrogen-bond donors (Lipinski definition) is 1. The van der Waals surface area contributed by atoms with E-state index >= 15 is 0 Å². The zero-order chi connectivity index (χ0) is 17.2. The molecule has 2 aromatic rings. The molecule has 2 fully saturated rings. The maximum absolute atomic E-state index is 12.3. The first kappa shape index (κ1) is 16.8. The molecule has 6 heteroatoms. The molecule has 1 aliphatic heterocycles. The van der Waals surface area contributed by atoms with Crippen molar-refractivity contribution in [3.8, 4) is 0 Å². The van der Waals surface area contributed by atoms with Gasteiger partial charge in [0.25, 0.3) is 0 Å². The van der Waals surface area contributed by atoms with Gasteiger partial charge in [0.2, 0.25) is 5.91 Å². The van der Waals surface area contributed by atoms with Crippen LogP contribution in [0.2, 0.25) is 0 Å². The summed E-state index contributed by atoms with van der Waals surface area (Å²) in [6.07, 6.45) is 6.02. The molecule has 25 heavy (non-hydrogen) atoms. The summed E-state index contributed by atoms with van der Waals surface area (Å²) in [6, 6.07) is 8.26. The Morgan fingerprint density at radius 3 is 2.92 bits per heavy atom. The molecule has 1 unspecified atom stereocenters. The molecule has 5 nitrogen and oxygen atoms in total. The van der Waals surface area contributed by atoms with Gasteiger partial charge in [-0.25, -0.2) is 0 Å². The lowest BCUT2D eigenvalue weighted by molar-refractivity contribution is -0.122. The van der Waals surface area contributed by atoms with Crippen LogP contribution in [-0.2, 0) is 16.1 Å². The molecule has 2 aliphatic rings. The minimum atomic E-state index is 0.116. The second-order valence-electron chi connectivity index (χ2n) is 6.89. The minimum absolute atomic E-state index is 0.116. The first-order valence-electron chi connectivity index (χ1n) is 8.84. The van der Waals surface area contributed by atoms with Crippen LogP contribution < -0.4 is 5.32 Å². The third-order valence-electron chi connectivity index (χ3n) is 5.12. The number of carbonyl (C=O) groups excluding carboxylic acids is 1. The van der Waals surface area contributed by atoms with Gasteiger partial charge in [0.15, 0.2) is 0 Å². The summed E-state index contributed by atoms with van der Waals surface area (Å²) in [7, 11) is 0. The molecule has 0 spiro atoms. The number of carbonyl (C=O) groups is 1. The van der Waals surface area contributed by atoms with Crippen LogP contribution >= 0.6 is 15.9 Å². The van der Waals surface area contributed by atoms with Crippen LogP contribution in [-0.4, -0.2) is 35.4 Å². The number of nitrogens with zero attached hydrogens (tertiary/aromatic N) is 2. The van der Waals surface area contributed by atoms with Crippen molar-refractivity contribution in [1.29, 1.82) is 0 Å². The van der Waals surface area contributed by atoms with Crippen LogP contribution in [0.25, 0.3) is 0 Å². The number of aromatic nitrogens is 2. The predicted molar refractivity (Wildman–Crippen MR) is 98.4 cm³/mol. The van der Waals surface area contributed by atoms with E-state index in [4.69, 9.17) is 4.74 Å². The zero-order valence-corrected chi connectivity index (χ0v) is 15.6. The molecule has 2 heterocycles. The normalized spacial score (nSPS) is 25.1. The van der Waals surface area contributed by atoms with Gasteiger partial charge in [-0.2, -0.15) is 5.10 Å². The van der Waals surface area contributed by atoms with Gasteiger partial charge >= 0.3 is 0 Å². The lowest BCUT2D eigenvalue weighted by atomic mass is 10.0. The van der Waals surface area contributed by atoms with E-state index in [0.717, 1.165) is 30.5 Å². The maximum atomic E-state index is 12.3. The fourth-order valence-corrected chi connectivity index (χ4v) is 3.76. The van der Waals surface area contributed by atoms with Crippen molar-refractivity contribution in [3.63, 3.8) is 0 Å². The lowest BCUT2D eigenvalue weighted by Crippen LogP contribution is -2.29. The first-order chi connectivity index (χ1) is 12.2. The van der Waals surface area contributed by atoms with E-state index in [1.807, 2.05) is 23.0 Å². The van der Waals surface area contributed by atoms with E-state index in [1.54, 1.807) is 0 Å². The summed E-state index contributed by atoms with van der Waals surface area (Å²) in [4.78, 5) is 12.3. The molecule has 1 aliphatic carbocycles. The summed E-state index contributed by atoms with van der Waals surface area (Å²) in [6.45, 7) is 2.95. The van der Waals surface area contributed by atoms with Crippen LogP contribution in [0.3, 0.4) is 0 Å². The molecule has 0 bridgehead atoms. The Hall–Kier alpha value is -1.66. The fraction of sp³-hybridized carbons (Fsp3) is 0.474. The summed E-state index contributed by atoms with van der Waals surface area (Å²) in [5.74, 6) is 1.11. The van der Waals surface area contributed by atoms with E-state index < -0.39 is 0 Å². The van der Waals surface area contributed by atoms with Crippen molar-refractivity contribution in [1.82, 2.24) is 15.1 Å². The molecular weight excluding hydrogens is 382 g/mol. The van der Waals surface area contributed by atoms with Gasteiger partial charge in [0, 0.05) is 35.7 Å². The molecule has 1 aromatic carbocycles. The lowest BCUT2D eigenvalue weighted by Gasteiger charge is -2.06. The number of rotatable bonds is 6. The van der Waals surface area contributed by atoms with E-state index in [-0.39, 0.29) is 11.8 Å².